The number of hydrogen-bond donors (Lipinski definition) is 1. The van der Waals surface area contributed by atoms with E-state index >= 15 is 0 Å². The van der Waals surface area contributed by atoms with E-state index in [2.05, 4.69) is 5.32 Å². The van der Waals surface area contributed by atoms with E-state index in [0.717, 1.165) is 16.7 Å². The summed E-state index contributed by atoms with van der Waals surface area (Å²) in [6.07, 6.45) is 0.965. The van der Waals surface area contributed by atoms with E-state index in [9.17, 15) is 13.2 Å². The Morgan fingerprint density at radius 1 is 0.941 bits per heavy atom. The molecule has 1 heterocycles. The number of hydrogen-bond acceptors (Lipinski definition) is 4. The molecule has 1 N–H and O–H groups in total. The van der Waals surface area contributed by atoms with Crippen LogP contribution in [0.2, 0.25) is 0 Å². The first kappa shape index (κ1) is 24.0. The van der Waals surface area contributed by atoms with Gasteiger partial charge in [-0.2, -0.15) is 4.31 Å². The van der Waals surface area contributed by atoms with Gasteiger partial charge in [-0.25, -0.2) is 8.42 Å². The minimum atomic E-state index is -3.62. The standard InChI is InChI=1S/C27H30N2O4S/c1-20-19-24(13-14-25(20)33-2)34(31,32)29-17-15-23(16-18-29)27(30)28-26(21-9-5-3-6-10-21)22-11-7-4-8-12-22/h3-14,19,23,26H,15-18H2,1-2H3,(H,28,30). The third-order valence-electron chi connectivity index (χ3n) is 6.38. The summed E-state index contributed by atoms with van der Waals surface area (Å²) >= 11 is 0. The second kappa shape index (κ2) is 10.4. The van der Waals surface area contributed by atoms with Gasteiger partial charge in [0.25, 0.3) is 0 Å². The highest BCUT2D eigenvalue weighted by molar-refractivity contribution is 7.89. The highest BCUT2D eigenvalue weighted by Crippen LogP contribution is 2.28. The van der Waals surface area contributed by atoms with Gasteiger partial charge in [0.2, 0.25) is 15.9 Å². The van der Waals surface area contributed by atoms with Crippen molar-refractivity contribution in [2.45, 2.75) is 30.7 Å². The summed E-state index contributed by atoms with van der Waals surface area (Å²) in [5.74, 6) is 0.370. The van der Waals surface area contributed by atoms with E-state index in [1.807, 2.05) is 67.6 Å². The number of benzene rings is 3. The fourth-order valence-corrected chi connectivity index (χ4v) is 5.98. The van der Waals surface area contributed by atoms with Crippen LogP contribution in [-0.4, -0.2) is 38.8 Å². The average molecular weight is 479 g/mol. The molecular weight excluding hydrogens is 448 g/mol. The normalized spacial score (nSPS) is 15.3. The van der Waals surface area contributed by atoms with Gasteiger partial charge in [0.05, 0.1) is 18.0 Å². The zero-order chi connectivity index (χ0) is 24.1. The largest absolute Gasteiger partial charge is 0.496 e. The number of ether oxygens (including phenoxy) is 1. The van der Waals surface area contributed by atoms with Crippen LogP contribution >= 0.6 is 0 Å². The Balaban J connectivity index is 1.44. The first-order chi connectivity index (χ1) is 16.4. The van der Waals surface area contributed by atoms with Crippen LogP contribution < -0.4 is 10.1 Å². The van der Waals surface area contributed by atoms with Crippen LogP contribution in [0.5, 0.6) is 5.75 Å². The van der Waals surface area contributed by atoms with Crippen molar-refractivity contribution in [2.75, 3.05) is 20.2 Å². The number of amides is 1. The van der Waals surface area contributed by atoms with Gasteiger partial charge in [-0.15, -0.1) is 0 Å². The molecule has 4 rings (SSSR count). The van der Waals surface area contributed by atoms with Gasteiger partial charge in [-0.1, -0.05) is 60.7 Å². The van der Waals surface area contributed by atoms with Crippen molar-refractivity contribution in [3.05, 3.63) is 95.6 Å². The maximum absolute atomic E-state index is 13.2. The number of nitrogens with one attached hydrogen (secondary N) is 1. The van der Waals surface area contributed by atoms with E-state index in [-0.39, 0.29) is 22.8 Å². The number of nitrogens with zero attached hydrogens (tertiary/aromatic N) is 1. The summed E-state index contributed by atoms with van der Waals surface area (Å²) in [6.45, 7) is 2.45. The summed E-state index contributed by atoms with van der Waals surface area (Å²) < 4.78 is 33.0. The van der Waals surface area contributed by atoms with Gasteiger partial charge in [0.1, 0.15) is 5.75 Å². The zero-order valence-electron chi connectivity index (χ0n) is 19.5. The molecule has 0 aromatic heterocycles. The number of methoxy groups -OCH3 is 1. The minimum Gasteiger partial charge on any atom is -0.496 e. The van der Waals surface area contributed by atoms with Gasteiger partial charge in [0, 0.05) is 19.0 Å². The molecule has 3 aromatic carbocycles. The molecule has 3 aromatic rings. The number of carbonyl (C=O) groups is 1. The Labute approximate surface area is 201 Å². The first-order valence-corrected chi connectivity index (χ1v) is 12.9. The highest BCUT2D eigenvalue weighted by atomic mass is 32.2. The van der Waals surface area contributed by atoms with Crippen LogP contribution in [0.1, 0.15) is 35.6 Å². The lowest BCUT2D eigenvalue weighted by molar-refractivity contribution is -0.126. The maximum Gasteiger partial charge on any atom is 0.243 e. The Morgan fingerprint density at radius 3 is 2.00 bits per heavy atom. The third kappa shape index (κ3) is 5.16. The number of piperidine rings is 1. The Bertz CT molecular complexity index is 1180. The molecule has 7 heteroatoms. The maximum atomic E-state index is 13.2. The molecule has 0 radical (unpaired) electrons. The van der Waals surface area contributed by atoms with Gasteiger partial charge >= 0.3 is 0 Å². The zero-order valence-corrected chi connectivity index (χ0v) is 20.3. The highest BCUT2D eigenvalue weighted by Gasteiger charge is 2.33. The second-order valence-corrected chi connectivity index (χ2v) is 10.5. The Hall–Kier alpha value is -3.16. The van der Waals surface area contributed by atoms with E-state index < -0.39 is 10.0 Å². The SMILES string of the molecule is COc1ccc(S(=O)(=O)N2CCC(C(=O)NC(c3ccccc3)c3ccccc3)CC2)cc1C. The van der Waals surface area contributed by atoms with Crippen molar-refractivity contribution in [1.29, 1.82) is 0 Å². The molecule has 6 nitrogen and oxygen atoms in total. The number of carbonyl (C=O) groups excluding carboxylic acids is 1. The molecule has 1 saturated heterocycles. The average Bonchev–Trinajstić information content (AvgIpc) is 2.88. The molecule has 0 saturated carbocycles. The smallest absolute Gasteiger partial charge is 0.243 e. The lowest BCUT2D eigenvalue weighted by atomic mass is 9.94. The molecule has 0 atom stereocenters. The van der Waals surface area contributed by atoms with Crippen LogP contribution in [-0.2, 0) is 14.8 Å². The molecule has 1 aliphatic rings. The lowest BCUT2D eigenvalue weighted by Gasteiger charge is -2.31. The van der Waals surface area contributed by atoms with Crippen molar-refractivity contribution in [3.63, 3.8) is 0 Å². The van der Waals surface area contributed by atoms with Gasteiger partial charge < -0.3 is 10.1 Å². The summed E-state index contributed by atoms with van der Waals surface area (Å²) in [4.78, 5) is 13.5. The summed E-state index contributed by atoms with van der Waals surface area (Å²) in [6, 6.07) is 24.4. The van der Waals surface area contributed by atoms with Crippen LogP contribution in [0.25, 0.3) is 0 Å². The molecule has 0 unspecified atom stereocenters. The van der Waals surface area contributed by atoms with Crippen LogP contribution in [0.4, 0.5) is 0 Å². The number of aryl methyl sites for hydroxylation is 1. The monoisotopic (exact) mass is 478 g/mol. The summed E-state index contributed by atoms with van der Waals surface area (Å²) in [5.41, 5.74) is 2.79. The fraction of sp³-hybridized carbons (Fsp3) is 0.296. The second-order valence-electron chi connectivity index (χ2n) is 8.57. The molecule has 0 aliphatic carbocycles. The molecule has 1 fully saturated rings. The molecule has 178 valence electrons. The van der Waals surface area contributed by atoms with Crippen LogP contribution in [0.15, 0.2) is 83.8 Å². The van der Waals surface area contributed by atoms with Gasteiger partial charge in [-0.3, -0.25) is 4.79 Å². The summed E-state index contributed by atoms with van der Waals surface area (Å²) in [7, 11) is -2.06. The van der Waals surface area contributed by atoms with E-state index in [4.69, 9.17) is 4.74 Å². The van der Waals surface area contributed by atoms with Gasteiger partial charge in [0.15, 0.2) is 0 Å². The molecule has 34 heavy (non-hydrogen) atoms. The van der Waals surface area contributed by atoms with Crippen molar-refractivity contribution in [2.24, 2.45) is 5.92 Å². The van der Waals surface area contributed by atoms with Crippen LogP contribution in [0.3, 0.4) is 0 Å². The Kier molecular flexibility index (Phi) is 7.34. The van der Waals surface area contributed by atoms with Gasteiger partial charge in [-0.05, 0) is 54.7 Å². The van der Waals surface area contributed by atoms with E-state index in [1.165, 1.54) is 4.31 Å². The van der Waals surface area contributed by atoms with Crippen molar-refractivity contribution >= 4 is 15.9 Å². The molecular formula is C27H30N2O4S. The minimum absolute atomic E-state index is 0.0463. The van der Waals surface area contributed by atoms with E-state index in [1.54, 1.807) is 25.3 Å². The topological polar surface area (TPSA) is 75.7 Å². The first-order valence-electron chi connectivity index (χ1n) is 11.4. The van der Waals surface area contributed by atoms with Crippen molar-refractivity contribution in [1.82, 2.24) is 9.62 Å². The predicted molar refractivity (Wildman–Crippen MR) is 132 cm³/mol. The number of sulfonamides is 1. The number of rotatable bonds is 7. The third-order valence-corrected chi connectivity index (χ3v) is 8.28. The fourth-order valence-electron chi connectivity index (χ4n) is 4.43. The Morgan fingerprint density at radius 2 is 1.50 bits per heavy atom. The predicted octanol–water partition coefficient (Wildman–Crippen LogP) is 4.31. The molecule has 0 spiro atoms. The summed E-state index contributed by atoms with van der Waals surface area (Å²) in [5, 5.41) is 3.20. The quantitative estimate of drug-likeness (QED) is 0.549. The van der Waals surface area contributed by atoms with Crippen molar-refractivity contribution < 1.29 is 17.9 Å². The molecule has 1 amide bonds. The van der Waals surface area contributed by atoms with Crippen molar-refractivity contribution in [3.8, 4) is 5.75 Å². The van der Waals surface area contributed by atoms with Crippen LogP contribution in [0, 0.1) is 12.8 Å². The lowest BCUT2D eigenvalue weighted by Crippen LogP contribution is -2.43. The molecule has 0 bridgehead atoms. The van der Waals surface area contributed by atoms with E-state index in [0.29, 0.717) is 31.7 Å². The molecule has 1 aliphatic heterocycles.